The van der Waals surface area contributed by atoms with Crippen LogP contribution in [-0.2, 0) is 0 Å². The highest BCUT2D eigenvalue weighted by Gasteiger charge is 2.28. The molecule has 0 aliphatic rings. The highest BCUT2D eigenvalue weighted by Crippen LogP contribution is 2.24. The van der Waals surface area contributed by atoms with Crippen LogP contribution in [0.5, 0.6) is 0 Å². The number of aliphatic hydroxyl groups excluding tert-OH is 1. The lowest BCUT2D eigenvalue weighted by Crippen LogP contribution is -2.42. The van der Waals surface area contributed by atoms with Crippen LogP contribution in [0.15, 0.2) is 0 Å². The summed E-state index contributed by atoms with van der Waals surface area (Å²) < 4.78 is -1.11. The second-order valence-corrected chi connectivity index (χ2v) is 3.44. The van der Waals surface area contributed by atoms with Gasteiger partial charge < -0.3 is 5.11 Å². The normalized spacial score (nSPS) is 12.6. The summed E-state index contributed by atoms with van der Waals surface area (Å²) in [6.45, 7) is 5.13. The molecule has 0 aliphatic heterocycles. The van der Waals surface area contributed by atoms with E-state index in [4.69, 9.17) is 28.3 Å². The zero-order valence-electron chi connectivity index (χ0n) is 6.27. The van der Waals surface area contributed by atoms with E-state index in [0.29, 0.717) is 0 Å². The van der Waals surface area contributed by atoms with Crippen LogP contribution in [0.3, 0.4) is 0 Å². The van der Waals surface area contributed by atoms with Crippen LogP contribution in [0, 0.1) is 0 Å². The van der Waals surface area contributed by atoms with Crippen molar-refractivity contribution in [2.75, 3.05) is 19.7 Å². The highest BCUT2D eigenvalue weighted by atomic mass is 35.5. The number of rotatable bonds is 4. The summed E-state index contributed by atoms with van der Waals surface area (Å²) in [6.07, 6.45) is 0. The summed E-state index contributed by atoms with van der Waals surface area (Å²) >= 11 is 11.5. The molecule has 0 unspecified atom stereocenters. The van der Waals surface area contributed by atoms with Gasteiger partial charge in [0.05, 0.1) is 6.61 Å². The van der Waals surface area contributed by atoms with Crippen molar-refractivity contribution in [3.8, 4) is 0 Å². The minimum atomic E-state index is -1.11. The van der Waals surface area contributed by atoms with E-state index in [9.17, 15) is 0 Å². The monoisotopic (exact) mass is 185 g/mol. The molecule has 0 spiro atoms. The lowest BCUT2D eigenvalue weighted by Gasteiger charge is -2.30. The van der Waals surface area contributed by atoms with Crippen LogP contribution in [0.1, 0.15) is 13.8 Å². The van der Waals surface area contributed by atoms with Crippen molar-refractivity contribution >= 4 is 23.2 Å². The fraction of sp³-hybridized carbons (Fsp3) is 1.00. The van der Waals surface area contributed by atoms with Gasteiger partial charge in [-0.1, -0.05) is 37.0 Å². The largest absolute Gasteiger partial charge is 0.392 e. The average molecular weight is 186 g/mol. The maximum Gasteiger partial charge on any atom is 0.194 e. The number of aliphatic hydroxyl groups is 1. The third-order valence-electron chi connectivity index (χ3n) is 1.42. The average Bonchev–Trinajstić information content (AvgIpc) is 1.90. The van der Waals surface area contributed by atoms with Crippen LogP contribution in [0.25, 0.3) is 0 Å². The van der Waals surface area contributed by atoms with E-state index in [1.54, 1.807) is 4.90 Å². The molecule has 0 aliphatic carbocycles. The first-order valence-electron chi connectivity index (χ1n) is 3.32. The van der Waals surface area contributed by atoms with E-state index >= 15 is 0 Å². The smallest absolute Gasteiger partial charge is 0.194 e. The molecule has 0 fully saturated rings. The molecule has 4 heteroatoms. The van der Waals surface area contributed by atoms with Crippen molar-refractivity contribution in [3.05, 3.63) is 0 Å². The SMILES string of the molecule is CCN(CC)C(Cl)(Cl)CO. The predicted molar refractivity (Wildman–Crippen MR) is 44.4 cm³/mol. The van der Waals surface area contributed by atoms with Gasteiger partial charge in [0, 0.05) is 0 Å². The van der Waals surface area contributed by atoms with E-state index < -0.39 is 4.46 Å². The van der Waals surface area contributed by atoms with Crippen LogP contribution in [0.4, 0.5) is 0 Å². The minimum absolute atomic E-state index is 0.238. The molecule has 0 amide bonds. The Morgan fingerprint density at radius 3 is 1.80 bits per heavy atom. The van der Waals surface area contributed by atoms with Crippen molar-refractivity contribution in [2.24, 2.45) is 0 Å². The molecule has 62 valence electrons. The summed E-state index contributed by atoms with van der Waals surface area (Å²) in [5.74, 6) is 0. The molecule has 0 heterocycles. The van der Waals surface area contributed by atoms with Gasteiger partial charge in [-0.25, -0.2) is 0 Å². The number of hydrogen-bond acceptors (Lipinski definition) is 2. The molecule has 0 bridgehead atoms. The summed E-state index contributed by atoms with van der Waals surface area (Å²) in [5.41, 5.74) is 0. The fourth-order valence-corrected chi connectivity index (χ4v) is 1.26. The topological polar surface area (TPSA) is 23.5 Å². The molecule has 0 radical (unpaired) electrons. The standard InChI is InChI=1S/C6H13Cl2NO/c1-3-9(4-2)6(7,8)5-10/h10H,3-5H2,1-2H3. The second kappa shape index (κ2) is 4.39. The molecule has 0 aromatic carbocycles. The Labute approximate surface area is 71.7 Å². The molecule has 0 rings (SSSR count). The van der Waals surface area contributed by atoms with E-state index in [1.807, 2.05) is 13.8 Å². The third-order valence-corrected chi connectivity index (χ3v) is 2.13. The lowest BCUT2D eigenvalue weighted by molar-refractivity contribution is 0.157. The highest BCUT2D eigenvalue weighted by molar-refractivity contribution is 6.48. The Kier molecular flexibility index (Phi) is 4.61. The van der Waals surface area contributed by atoms with Gasteiger partial charge in [-0.15, -0.1) is 0 Å². The number of hydrogen-bond donors (Lipinski definition) is 1. The molecular weight excluding hydrogens is 173 g/mol. The Hall–Kier alpha value is 0.500. The predicted octanol–water partition coefficient (Wildman–Crippen LogP) is 1.45. The fourth-order valence-electron chi connectivity index (χ4n) is 0.786. The Bertz CT molecular complexity index is 93.7. The van der Waals surface area contributed by atoms with E-state index in [-0.39, 0.29) is 6.61 Å². The van der Waals surface area contributed by atoms with Crippen molar-refractivity contribution in [1.29, 1.82) is 0 Å². The van der Waals surface area contributed by atoms with Crippen LogP contribution in [0.2, 0.25) is 0 Å². The zero-order chi connectivity index (χ0) is 8.20. The number of halogens is 2. The first kappa shape index (κ1) is 10.5. The third kappa shape index (κ3) is 2.62. The molecule has 0 aromatic heterocycles. The molecule has 0 aromatic rings. The van der Waals surface area contributed by atoms with Crippen LogP contribution in [-0.4, -0.2) is 34.2 Å². The van der Waals surface area contributed by atoms with Gasteiger partial charge in [-0.2, -0.15) is 0 Å². The van der Waals surface area contributed by atoms with Crippen LogP contribution < -0.4 is 0 Å². The zero-order valence-corrected chi connectivity index (χ0v) is 7.78. The quantitative estimate of drug-likeness (QED) is 0.530. The van der Waals surface area contributed by atoms with Gasteiger partial charge in [0.25, 0.3) is 0 Å². The molecule has 2 nitrogen and oxygen atoms in total. The van der Waals surface area contributed by atoms with Gasteiger partial charge in [-0.05, 0) is 13.1 Å². The molecule has 0 saturated carbocycles. The first-order valence-corrected chi connectivity index (χ1v) is 4.07. The first-order chi connectivity index (χ1) is 4.58. The summed E-state index contributed by atoms with van der Waals surface area (Å²) in [7, 11) is 0. The molecule has 0 atom stereocenters. The summed E-state index contributed by atoms with van der Waals surface area (Å²) in [5, 5.41) is 8.72. The maximum absolute atomic E-state index is 8.72. The second-order valence-electron chi connectivity index (χ2n) is 2.00. The summed E-state index contributed by atoms with van der Waals surface area (Å²) in [6, 6.07) is 0. The van der Waals surface area contributed by atoms with Gasteiger partial charge in [0.1, 0.15) is 0 Å². The maximum atomic E-state index is 8.72. The van der Waals surface area contributed by atoms with E-state index in [0.717, 1.165) is 13.1 Å². The number of likely N-dealkylation sites (N-methyl/N-ethyl adjacent to an activating group) is 1. The minimum Gasteiger partial charge on any atom is -0.392 e. The molecular formula is C6H13Cl2NO. The van der Waals surface area contributed by atoms with Gasteiger partial charge in [0.15, 0.2) is 4.46 Å². The van der Waals surface area contributed by atoms with Crippen molar-refractivity contribution < 1.29 is 5.11 Å². The van der Waals surface area contributed by atoms with Gasteiger partial charge >= 0.3 is 0 Å². The summed E-state index contributed by atoms with van der Waals surface area (Å²) in [4.78, 5) is 1.77. The number of nitrogens with zero attached hydrogens (tertiary/aromatic N) is 1. The lowest BCUT2D eigenvalue weighted by atomic mass is 10.5. The molecule has 10 heavy (non-hydrogen) atoms. The van der Waals surface area contributed by atoms with Crippen molar-refractivity contribution in [1.82, 2.24) is 4.90 Å². The molecule has 0 saturated heterocycles. The van der Waals surface area contributed by atoms with E-state index in [1.165, 1.54) is 0 Å². The number of alkyl halides is 2. The van der Waals surface area contributed by atoms with E-state index in [2.05, 4.69) is 0 Å². The Morgan fingerprint density at radius 2 is 1.70 bits per heavy atom. The van der Waals surface area contributed by atoms with Crippen molar-refractivity contribution in [2.45, 2.75) is 18.3 Å². The Balaban J connectivity index is 3.97. The van der Waals surface area contributed by atoms with Gasteiger partial charge in [-0.3, -0.25) is 4.90 Å². The Morgan fingerprint density at radius 1 is 1.30 bits per heavy atom. The van der Waals surface area contributed by atoms with Crippen molar-refractivity contribution in [3.63, 3.8) is 0 Å². The van der Waals surface area contributed by atoms with Gasteiger partial charge in [0.2, 0.25) is 0 Å². The molecule has 1 N–H and O–H groups in total. The van der Waals surface area contributed by atoms with Crippen LogP contribution >= 0.6 is 23.2 Å².